The fourth-order valence-corrected chi connectivity index (χ4v) is 32.0. The van der Waals surface area contributed by atoms with Crippen LogP contribution in [0.1, 0.15) is 244 Å². The van der Waals surface area contributed by atoms with Crippen LogP contribution in [-0.2, 0) is 97.0 Å². The molecule has 6 aliphatic carbocycles. The van der Waals surface area contributed by atoms with E-state index >= 15 is 28.8 Å². The lowest BCUT2D eigenvalue weighted by Gasteiger charge is -2.46. The number of amides is 14. The fraction of sp³-hybridized carbons (Fsp3) is 0.546. The third-order valence-corrected chi connectivity index (χ3v) is 40.2. The molecule has 9 atom stereocenters. The third-order valence-electron chi connectivity index (χ3n) is 26.9. The lowest BCUT2D eigenvalue weighted by atomic mass is 9.98. The Morgan fingerprint density at radius 2 is 0.698 bits per heavy atom. The Bertz CT molecular complexity index is 4930. The summed E-state index contributed by atoms with van der Waals surface area (Å²) in [6.07, 6.45) is 12.2. The maximum atomic E-state index is 18.4. The zero-order valence-corrected chi connectivity index (χ0v) is 79.6. The van der Waals surface area contributed by atoms with Crippen LogP contribution in [0.4, 0.5) is 9.59 Å². The summed E-state index contributed by atoms with van der Waals surface area (Å²) in [5, 5.41) is 23.9. The van der Waals surface area contributed by atoms with Crippen LogP contribution in [0.5, 0.6) is 0 Å². The van der Waals surface area contributed by atoms with Gasteiger partial charge in [0.1, 0.15) is 78.7 Å². The molecule has 4 fully saturated rings. The summed E-state index contributed by atoms with van der Waals surface area (Å²) in [6, 6.07) is 19.2. The van der Waals surface area contributed by atoms with Gasteiger partial charge in [0.05, 0.1) is 0 Å². The number of fused-ring (bicyclic) bond motifs is 6. The standard InChI is InChI=1S/C97H130N12O16P2S2/c1-58(83(98)111)103-92(120)96(8,9)107-87(115)62(5)101-89(117)81(56-126(128,66-37-19-13-20-38-66)67-39-21-14-22-40-67)108(94(122)124-54-78-74-49-31-27-45-70(74)71-46-28-32-50-75(71)78)91(119)82(57-127(129,68-41-23-15-24-42-68)69-43-25-16-26-44-69)109(95(123)125-55-79-76-51-33-29-47-72(76)73-48-30-34-52-77(73)79)90(118)63(6)102-84(112)59(2)100-88(116)80(53-65-35-17-12-18-36-65)105-85(113)60(3)104-93(121)97(10,11)106-86(114)61(4)99-64(7)110/h12,17-18,27-36,45-52,58-63,66-69,78-82H,13-16,19-26,37-44,53-57H2,1-11H3,(H2,98,111)(H,99,110)(H,100,116)(H,101,117)(H,102,112)(H,103,120)(H,104,121)(H,105,113)(H,106,114)(H,107,115)/t58-,59-,60-,61-,62-,63-,80-,81-,82-/m0/s1. The molecule has 0 aliphatic heterocycles. The molecule has 0 unspecified atom stereocenters. The Kier molecular flexibility index (Phi) is 34.2. The zero-order valence-electron chi connectivity index (χ0n) is 76.2. The van der Waals surface area contributed by atoms with Crippen molar-refractivity contribution in [3.8, 4) is 22.3 Å². The fourth-order valence-electron chi connectivity index (χ4n) is 19.5. The van der Waals surface area contributed by atoms with Gasteiger partial charge in [-0.2, -0.15) is 0 Å². The zero-order chi connectivity index (χ0) is 93.4. The quantitative estimate of drug-likeness (QED) is 0.0167. The molecule has 14 amide bonds. The average Bonchev–Trinajstić information content (AvgIpc) is 1.70. The molecule has 11 N–H and O–H groups in total. The molecule has 0 aromatic heterocycles. The largest absolute Gasteiger partial charge is 0.448 e. The second-order valence-electron chi connectivity index (χ2n) is 37.2. The number of imide groups is 2. The smallest absolute Gasteiger partial charge is 0.417 e. The van der Waals surface area contributed by atoms with Gasteiger partial charge in [-0.25, -0.2) is 19.4 Å². The van der Waals surface area contributed by atoms with E-state index in [1.807, 2.05) is 97.1 Å². The van der Waals surface area contributed by atoms with Crippen LogP contribution in [-0.4, -0.2) is 207 Å². The van der Waals surface area contributed by atoms with Crippen LogP contribution in [0.15, 0.2) is 127 Å². The molecule has 696 valence electrons. The Morgan fingerprint density at radius 1 is 0.380 bits per heavy atom. The predicted molar refractivity (Wildman–Crippen MR) is 504 cm³/mol. The Balaban J connectivity index is 1.04. The van der Waals surface area contributed by atoms with Crippen molar-refractivity contribution in [1.29, 1.82) is 0 Å². The van der Waals surface area contributed by atoms with Gasteiger partial charge in [-0.15, -0.1) is 0 Å². The third kappa shape index (κ3) is 24.2. The van der Waals surface area contributed by atoms with Crippen LogP contribution in [0, 0.1) is 0 Å². The van der Waals surface area contributed by atoms with Crippen molar-refractivity contribution in [2.45, 2.75) is 311 Å². The van der Waals surface area contributed by atoms with Gasteiger partial charge in [0.2, 0.25) is 59.1 Å². The van der Waals surface area contributed by atoms with Gasteiger partial charge >= 0.3 is 12.2 Å². The molecule has 0 saturated heterocycles. The number of rotatable bonds is 36. The van der Waals surface area contributed by atoms with Gasteiger partial charge in [0.25, 0.3) is 11.8 Å². The van der Waals surface area contributed by atoms with Crippen molar-refractivity contribution in [2.24, 2.45) is 5.73 Å². The van der Waals surface area contributed by atoms with Gasteiger partial charge < -0.3 is 63.1 Å². The SMILES string of the molecule is CC(=O)N[C@@H](C)C(=O)NC(C)(C)C(=O)N[C@@H](C)C(=O)N[C@@H](Cc1ccccc1)C(=O)N[C@@H](C)C(=O)N[C@@H](C)C(=O)N(C(=O)OCC1c2ccccc2-c2ccccc21)[C@@H](CP(=S)(C1CCCCC1)C1CCCCC1)C(=O)N(C(=O)OCC1c2ccccc2-c2ccccc21)[C@@H](CP(=S)(C1CCCCC1)C1CCCCC1)C(=O)N[C@@H](C)C(=O)NC(C)(C)C(=O)N[C@@H](C)C(N)=O. The van der Waals surface area contributed by atoms with Crippen LogP contribution >= 0.6 is 12.1 Å². The van der Waals surface area contributed by atoms with Crippen molar-refractivity contribution < 1.29 is 76.6 Å². The van der Waals surface area contributed by atoms with Gasteiger partial charge in [0.15, 0.2) is 0 Å². The average molecular weight is 1850 g/mol. The van der Waals surface area contributed by atoms with E-state index in [4.69, 9.17) is 38.8 Å². The van der Waals surface area contributed by atoms with E-state index in [0.29, 0.717) is 61.8 Å². The maximum absolute atomic E-state index is 18.4. The van der Waals surface area contributed by atoms with Crippen LogP contribution < -0.4 is 53.6 Å². The normalized spacial score (nSPS) is 17.9. The summed E-state index contributed by atoms with van der Waals surface area (Å²) in [7, 11) is 0. The van der Waals surface area contributed by atoms with E-state index in [1.165, 1.54) is 76.2 Å². The lowest BCUT2D eigenvalue weighted by Crippen LogP contribution is -2.65. The molecule has 0 heterocycles. The van der Waals surface area contributed by atoms with E-state index in [9.17, 15) is 38.4 Å². The highest BCUT2D eigenvalue weighted by molar-refractivity contribution is 8.15. The molecule has 28 nitrogen and oxygen atoms in total. The van der Waals surface area contributed by atoms with Gasteiger partial charge in [0, 0.05) is 37.5 Å². The molecule has 129 heavy (non-hydrogen) atoms. The number of carbonyl (C=O) groups is 14. The summed E-state index contributed by atoms with van der Waals surface area (Å²) < 4.78 is 13.4. The topological polar surface area (TPSA) is 398 Å². The van der Waals surface area contributed by atoms with Crippen LogP contribution in [0.2, 0.25) is 0 Å². The summed E-state index contributed by atoms with van der Waals surface area (Å²) in [5.41, 5.74) is 8.87. The highest BCUT2D eigenvalue weighted by Crippen LogP contribution is 2.66. The molecule has 6 aliphatic rings. The number of carbonyl (C=O) groups excluding carboxylic acids is 14. The molecule has 11 rings (SSSR count). The number of nitrogens with one attached hydrogen (secondary N) is 9. The van der Waals surface area contributed by atoms with Crippen LogP contribution in [0.3, 0.4) is 0 Å². The first-order valence-corrected chi connectivity index (χ1v) is 52.2. The molecule has 0 spiro atoms. The number of hydrogen-bond donors (Lipinski definition) is 10. The lowest BCUT2D eigenvalue weighted by molar-refractivity contribution is -0.147. The molecular weight excluding hydrogens is 1720 g/mol. The highest BCUT2D eigenvalue weighted by atomic mass is 32.4. The Labute approximate surface area is 768 Å². The van der Waals surface area contributed by atoms with Gasteiger partial charge in [-0.3, -0.25) is 57.5 Å². The second kappa shape index (κ2) is 44.3. The monoisotopic (exact) mass is 1840 g/mol. The van der Waals surface area contributed by atoms with E-state index < -0.39 is 186 Å². The number of nitrogens with zero attached hydrogens (tertiary/aromatic N) is 2. The van der Waals surface area contributed by atoms with Crippen molar-refractivity contribution in [3.63, 3.8) is 0 Å². The number of ether oxygens (including phenoxy) is 2. The first-order valence-electron chi connectivity index (χ1n) is 45.9. The summed E-state index contributed by atoms with van der Waals surface area (Å²) in [4.78, 5) is 212. The first kappa shape index (κ1) is 99.6. The first-order chi connectivity index (χ1) is 61.3. The van der Waals surface area contributed by atoms with Crippen molar-refractivity contribution >= 4 is 119 Å². The van der Waals surface area contributed by atoms with Crippen molar-refractivity contribution in [3.05, 3.63) is 155 Å². The Hall–Kier alpha value is -10.0. The summed E-state index contributed by atoms with van der Waals surface area (Å²) in [6.45, 7) is 14.3. The maximum Gasteiger partial charge on any atom is 0.417 e. The van der Waals surface area contributed by atoms with E-state index in [1.54, 1.807) is 30.3 Å². The van der Waals surface area contributed by atoms with Crippen molar-refractivity contribution in [2.75, 3.05) is 25.5 Å². The summed E-state index contributed by atoms with van der Waals surface area (Å²) in [5.74, 6) is -11.8. The predicted octanol–water partition coefficient (Wildman–Crippen LogP) is 11.6. The molecule has 5 aromatic carbocycles. The van der Waals surface area contributed by atoms with E-state index in [0.717, 1.165) is 126 Å². The number of nitrogens with two attached hydrogens (primary N) is 1. The minimum Gasteiger partial charge on any atom is -0.448 e. The minimum absolute atomic E-state index is 0.136. The number of benzene rings is 5. The molecule has 0 radical (unpaired) electrons. The van der Waals surface area contributed by atoms with Crippen LogP contribution in [0.25, 0.3) is 22.3 Å². The summed E-state index contributed by atoms with van der Waals surface area (Å²) >= 11 is 14.8. The number of primary amides is 1. The molecule has 32 heteroatoms. The minimum atomic E-state index is -3.21. The second-order valence-corrected chi connectivity index (χ2v) is 48.3. The highest BCUT2D eigenvalue weighted by Gasteiger charge is 2.54. The van der Waals surface area contributed by atoms with Crippen molar-refractivity contribution in [1.82, 2.24) is 57.7 Å². The van der Waals surface area contributed by atoms with E-state index in [2.05, 4.69) is 47.9 Å². The van der Waals surface area contributed by atoms with Gasteiger partial charge in [-0.1, -0.05) is 228 Å². The molecular formula is C97H130N12O16P2S2. The van der Waals surface area contributed by atoms with Gasteiger partial charge in [-0.05, 0) is 205 Å². The molecule has 4 saturated carbocycles. The number of hydrogen-bond acceptors (Lipinski definition) is 18. The molecule has 0 bridgehead atoms. The van der Waals surface area contributed by atoms with E-state index in [-0.39, 0.29) is 41.4 Å². The Morgan fingerprint density at radius 3 is 1.09 bits per heavy atom. The molecule has 5 aromatic rings.